The van der Waals surface area contributed by atoms with Crippen molar-refractivity contribution in [3.05, 3.63) is 53.6 Å². The monoisotopic (exact) mass is 391 g/mol. The number of carbonyl (C=O) groups is 2. The number of esters is 1. The van der Waals surface area contributed by atoms with Crippen LogP contribution in [0.2, 0.25) is 0 Å². The average Bonchev–Trinajstić information content (AvgIpc) is 3.15. The van der Waals surface area contributed by atoms with E-state index in [4.69, 9.17) is 4.74 Å². The van der Waals surface area contributed by atoms with E-state index in [2.05, 4.69) is 16.9 Å². The number of likely N-dealkylation sites (tertiary alicyclic amines) is 1. The number of H-pyrrole nitrogens is 1. The van der Waals surface area contributed by atoms with Crippen LogP contribution in [0.4, 0.5) is 0 Å². The van der Waals surface area contributed by atoms with Crippen LogP contribution in [0.25, 0.3) is 22.4 Å². The highest BCUT2D eigenvalue weighted by molar-refractivity contribution is 5.95. The summed E-state index contributed by atoms with van der Waals surface area (Å²) in [4.78, 5) is 34.4. The SMILES string of the molecule is Cc1ccc(-c2nc3ccc(C(=O)OCC(=O)N4CCCC(C)C4)cc3[nH]2)cc1. The summed E-state index contributed by atoms with van der Waals surface area (Å²) in [6, 6.07) is 13.3. The third-order valence-electron chi connectivity index (χ3n) is 5.38. The van der Waals surface area contributed by atoms with Gasteiger partial charge in [0, 0.05) is 18.7 Å². The number of carbonyl (C=O) groups excluding carboxylic acids is 2. The van der Waals surface area contributed by atoms with Gasteiger partial charge < -0.3 is 14.6 Å². The van der Waals surface area contributed by atoms with Gasteiger partial charge in [0.25, 0.3) is 5.91 Å². The van der Waals surface area contributed by atoms with Gasteiger partial charge in [-0.3, -0.25) is 4.79 Å². The minimum atomic E-state index is -0.503. The topological polar surface area (TPSA) is 75.3 Å². The zero-order valence-corrected chi connectivity index (χ0v) is 16.8. The van der Waals surface area contributed by atoms with Gasteiger partial charge in [-0.1, -0.05) is 36.8 Å². The largest absolute Gasteiger partial charge is 0.452 e. The lowest BCUT2D eigenvalue weighted by atomic mass is 10.0. The molecule has 1 unspecified atom stereocenters. The molecule has 6 nitrogen and oxygen atoms in total. The normalized spacial score (nSPS) is 16.8. The van der Waals surface area contributed by atoms with Crippen LogP contribution in [0.1, 0.15) is 35.7 Å². The average molecular weight is 391 g/mol. The molecule has 1 atom stereocenters. The van der Waals surface area contributed by atoms with Gasteiger partial charge in [-0.05, 0) is 43.9 Å². The Labute approximate surface area is 169 Å². The van der Waals surface area contributed by atoms with E-state index >= 15 is 0 Å². The fourth-order valence-electron chi connectivity index (χ4n) is 3.70. The fraction of sp³-hybridized carbons (Fsp3) is 0.348. The van der Waals surface area contributed by atoms with Crippen molar-refractivity contribution in [2.75, 3.05) is 19.7 Å². The minimum absolute atomic E-state index is 0.130. The zero-order valence-electron chi connectivity index (χ0n) is 16.8. The Morgan fingerprint density at radius 3 is 2.76 bits per heavy atom. The highest BCUT2D eigenvalue weighted by Gasteiger charge is 2.22. The summed E-state index contributed by atoms with van der Waals surface area (Å²) in [5.41, 5.74) is 4.10. The maximum absolute atomic E-state index is 12.4. The van der Waals surface area contributed by atoms with Crippen molar-refractivity contribution in [3.8, 4) is 11.4 Å². The molecule has 4 rings (SSSR count). The first-order valence-corrected chi connectivity index (χ1v) is 10.0. The summed E-state index contributed by atoms with van der Waals surface area (Å²) in [5, 5.41) is 0. The molecule has 1 amide bonds. The van der Waals surface area contributed by atoms with Crippen molar-refractivity contribution >= 4 is 22.9 Å². The van der Waals surface area contributed by atoms with Crippen LogP contribution in [-0.2, 0) is 9.53 Å². The molecule has 2 heterocycles. The highest BCUT2D eigenvalue weighted by atomic mass is 16.5. The van der Waals surface area contributed by atoms with Gasteiger partial charge in [-0.2, -0.15) is 0 Å². The molecule has 29 heavy (non-hydrogen) atoms. The number of ether oxygens (including phenoxy) is 1. The molecule has 1 saturated heterocycles. The summed E-state index contributed by atoms with van der Waals surface area (Å²) in [6.45, 7) is 5.43. The molecule has 1 N–H and O–H groups in total. The van der Waals surface area contributed by atoms with Crippen molar-refractivity contribution in [2.24, 2.45) is 5.92 Å². The van der Waals surface area contributed by atoms with Gasteiger partial charge >= 0.3 is 5.97 Å². The van der Waals surface area contributed by atoms with Crippen LogP contribution >= 0.6 is 0 Å². The molecule has 3 aromatic rings. The van der Waals surface area contributed by atoms with Crippen molar-refractivity contribution < 1.29 is 14.3 Å². The lowest BCUT2D eigenvalue weighted by Crippen LogP contribution is -2.41. The van der Waals surface area contributed by atoms with Gasteiger partial charge in [0.05, 0.1) is 16.6 Å². The molecule has 0 radical (unpaired) electrons. The second-order valence-corrected chi connectivity index (χ2v) is 7.85. The molecule has 150 valence electrons. The number of aromatic nitrogens is 2. The number of imidazole rings is 1. The van der Waals surface area contributed by atoms with Gasteiger partial charge in [0.1, 0.15) is 5.82 Å². The van der Waals surface area contributed by atoms with Crippen LogP contribution in [-0.4, -0.2) is 46.4 Å². The number of amides is 1. The van der Waals surface area contributed by atoms with Gasteiger partial charge in [-0.25, -0.2) is 9.78 Å². The van der Waals surface area contributed by atoms with E-state index in [1.165, 1.54) is 5.56 Å². The number of aromatic amines is 1. The molecule has 2 aromatic carbocycles. The van der Waals surface area contributed by atoms with E-state index < -0.39 is 5.97 Å². The van der Waals surface area contributed by atoms with Gasteiger partial charge in [-0.15, -0.1) is 0 Å². The van der Waals surface area contributed by atoms with Crippen molar-refractivity contribution in [1.29, 1.82) is 0 Å². The predicted molar refractivity (Wildman–Crippen MR) is 112 cm³/mol. The molecular formula is C23H25N3O3. The Kier molecular flexibility index (Phi) is 5.34. The first-order chi connectivity index (χ1) is 14.0. The van der Waals surface area contributed by atoms with E-state index in [0.717, 1.165) is 48.4 Å². The summed E-state index contributed by atoms with van der Waals surface area (Å²) < 4.78 is 5.27. The van der Waals surface area contributed by atoms with E-state index in [1.807, 2.05) is 31.2 Å². The summed E-state index contributed by atoms with van der Waals surface area (Å²) in [6.07, 6.45) is 2.14. The van der Waals surface area contributed by atoms with Crippen LogP contribution in [0.3, 0.4) is 0 Å². The van der Waals surface area contributed by atoms with Crippen LogP contribution in [0.15, 0.2) is 42.5 Å². The number of aryl methyl sites for hydroxylation is 1. The highest BCUT2D eigenvalue weighted by Crippen LogP contribution is 2.22. The molecule has 0 aliphatic carbocycles. The Hall–Kier alpha value is -3.15. The number of piperidine rings is 1. The number of rotatable bonds is 4. The van der Waals surface area contributed by atoms with Crippen molar-refractivity contribution in [3.63, 3.8) is 0 Å². The predicted octanol–water partition coefficient (Wildman–Crippen LogP) is 3.95. The second kappa shape index (κ2) is 8.07. The Morgan fingerprint density at radius 2 is 2.00 bits per heavy atom. The van der Waals surface area contributed by atoms with Gasteiger partial charge in [0.2, 0.25) is 0 Å². The number of benzene rings is 2. The third kappa shape index (κ3) is 4.31. The number of hydrogen-bond acceptors (Lipinski definition) is 4. The molecule has 1 aliphatic rings. The van der Waals surface area contributed by atoms with Crippen LogP contribution in [0, 0.1) is 12.8 Å². The van der Waals surface area contributed by atoms with E-state index in [-0.39, 0.29) is 12.5 Å². The van der Waals surface area contributed by atoms with E-state index in [9.17, 15) is 9.59 Å². The maximum atomic E-state index is 12.4. The molecule has 1 fully saturated rings. The Balaban J connectivity index is 1.44. The number of nitrogens with zero attached hydrogens (tertiary/aromatic N) is 2. The first-order valence-electron chi connectivity index (χ1n) is 10.0. The molecule has 1 aromatic heterocycles. The zero-order chi connectivity index (χ0) is 20.4. The number of nitrogens with one attached hydrogen (secondary N) is 1. The smallest absolute Gasteiger partial charge is 0.338 e. The fourth-order valence-corrected chi connectivity index (χ4v) is 3.70. The standard InChI is InChI=1S/C23H25N3O3/c1-15-5-7-17(8-6-15)22-24-19-10-9-18(12-20(19)25-22)23(28)29-14-21(27)26-11-3-4-16(2)13-26/h5-10,12,16H,3-4,11,13-14H2,1-2H3,(H,24,25). The number of fused-ring (bicyclic) bond motifs is 1. The van der Waals surface area contributed by atoms with E-state index in [1.54, 1.807) is 23.1 Å². The molecule has 0 saturated carbocycles. The molecule has 0 spiro atoms. The Morgan fingerprint density at radius 1 is 1.21 bits per heavy atom. The molecule has 6 heteroatoms. The van der Waals surface area contributed by atoms with Crippen LogP contribution < -0.4 is 0 Å². The quantitative estimate of drug-likeness (QED) is 0.683. The summed E-state index contributed by atoms with van der Waals surface area (Å²) in [7, 11) is 0. The molecular weight excluding hydrogens is 366 g/mol. The number of hydrogen-bond donors (Lipinski definition) is 1. The first kappa shape index (κ1) is 19.2. The van der Waals surface area contributed by atoms with E-state index in [0.29, 0.717) is 11.5 Å². The Bertz CT molecular complexity index is 1040. The minimum Gasteiger partial charge on any atom is -0.452 e. The molecule has 0 bridgehead atoms. The summed E-state index contributed by atoms with van der Waals surface area (Å²) >= 11 is 0. The van der Waals surface area contributed by atoms with Crippen LogP contribution in [0.5, 0.6) is 0 Å². The van der Waals surface area contributed by atoms with Crippen molar-refractivity contribution in [2.45, 2.75) is 26.7 Å². The van der Waals surface area contributed by atoms with Gasteiger partial charge in [0.15, 0.2) is 6.61 Å². The van der Waals surface area contributed by atoms with Crippen molar-refractivity contribution in [1.82, 2.24) is 14.9 Å². The maximum Gasteiger partial charge on any atom is 0.338 e. The molecule has 1 aliphatic heterocycles. The third-order valence-corrected chi connectivity index (χ3v) is 5.38. The second-order valence-electron chi connectivity index (χ2n) is 7.85. The summed E-state index contributed by atoms with van der Waals surface area (Å²) in [5.74, 6) is 0.611. The lowest BCUT2D eigenvalue weighted by Gasteiger charge is -2.30. The lowest BCUT2D eigenvalue weighted by molar-refractivity contribution is -0.136.